The van der Waals surface area contributed by atoms with Crippen LogP contribution in [0.25, 0.3) is 5.57 Å². The summed E-state index contributed by atoms with van der Waals surface area (Å²) in [6, 6.07) is 3.43. The summed E-state index contributed by atoms with van der Waals surface area (Å²) < 4.78 is 27.3. The monoisotopic (exact) mass is 284 g/mol. The Labute approximate surface area is 112 Å². The number of ketones is 1. The highest BCUT2D eigenvalue weighted by Crippen LogP contribution is 2.50. The van der Waals surface area contributed by atoms with Crippen LogP contribution in [0.15, 0.2) is 22.1 Å². The van der Waals surface area contributed by atoms with Crippen molar-refractivity contribution in [3.05, 3.63) is 29.2 Å². The first-order valence-corrected chi connectivity index (χ1v) is 7.74. The highest BCUT2D eigenvalue weighted by Gasteiger charge is 2.27. The van der Waals surface area contributed by atoms with E-state index in [2.05, 4.69) is 0 Å². The van der Waals surface area contributed by atoms with E-state index in [1.165, 1.54) is 14.2 Å². The highest BCUT2D eigenvalue weighted by atomic mass is 31.2. The van der Waals surface area contributed by atoms with Crippen molar-refractivity contribution in [2.45, 2.75) is 25.9 Å². The van der Waals surface area contributed by atoms with Crippen molar-refractivity contribution in [3.8, 4) is 0 Å². The fourth-order valence-electron chi connectivity index (χ4n) is 2.13. The molecule has 0 saturated carbocycles. The third-order valence-electron chi connectivity index (χ3n) is 3.25. The van der Waals surface area contributed by atoms with Crippen LogP contribution in [0.1, 0.15) is 31.3 Å². The van der Waals surface area contributed by atoms with Crippen molar-refractivity contribution in [1.82, 2.24) is 0 Å². The lowest BCUT2D eigenvalue weighted by atomic mass is 10.1. The van der Waals surface area contributed by atoms with Crippen LogP contribution in [0.5, 0.6) is 0 Å². The number of carbonyl (C=O) groups excluding carboxylic acids is 1. The van der Waals surface area contributed by atoms with E-state index in [9.17, 15) is 9.36 Å². The van der Waals surface area contributed by atoms with E-state index in [1.807, 2.05) is 6.92 Å². The summed E-state index contributed by atoms with van der Waals surface area (Å²) in [4.78, 5) is 11.8. The number of rotatable bonds is 5. The van der Waals surface area contributed by atoms with Gasteiger partial charge in [-0.3, -0.25) is 9.36 Å². The molecule has 5 nitrogen and oxygen atoms in total. The summed E-state index contributed by atoms with van der Waals surface area (Å²) in [6.45, 7) is 1.93. The van der Waals surface area contributed by atoms with Gasteiger partial charge in [0.15, 0.2) is 5.78 Å². The summed E-state index contributed by atoms with van der Waals surface area (Å²) in [5.74, 6) is 1.12. The second-order valence-electron chi connectivity index (χ2n) is 4.48. The quantitative estimate of drug-likeness (QED) is 0.775. The molecule has 6 heteroatoms. The highest BCUT2D eigenvalue weighted by molar-refractivity contribution is 7.52. The van der Waals surface area contributed by atoms with E-state index >= 15 is 0 Å². The Morgan fingerprint density at radius 2 is 1.95 bits per heavy atom. The number of hydrogen-bond acceptors (Lipinski definition) is 5. The van der Waals surface area contributed by atoms with Gasteiger partial charge < -0.3 is 13.5 Å². The van der Waals surface area contributed by atoms with Crippen LogP contribution < -0.4 is 0 Å². The molecule has 0 fully saturated rings. The van der Waals surface area contributed by atoms with Crippen LogP contribution in [0.2, 0.25) is 0 Å². The largest absolute Gasteiger partial charge is 0.460 e. The molecule has 0 aromatic carbocycles. The molecule has 0 atom stereocenters. The number of Topliss-reactive ketones (excluding diaryl/α,β-unsaturated/α-hetero) is 1. The van der Waals surface area contributed by atoms with E-state index in [1.54, 1.807) is 12.1 Å². The Kier molecular flexibility index (Phi) is 4.09. The van der Waals surface area contributed by atoms with Gasteiger partial charge in [0.05, 0.1) is 5.57 Å². The Hall–Kier alpha value is -1.16. The molecule has 0 bridgehead atoms. The third-order valence-corrected chi connectivity index (χ3v) is 5.06. The SMILES string of the molecule is COP(=O)(Cc1ccc(C2=C(C)CCC2=O)o1)OC. The van der Waals surface area contributed by atoms with Gasteiger partial charge in [-0.25, -0.2) is 0 Å². The standard InChI is InChI=1S/C13H17O5P/c1-9-4-6-11(14)13(9)12-7-5-10(18-12)8-19(15,16-2)17-3/h5,7H,4,6,8H2,1-3H3. The van der Waals surface area contributed by atoms with Gasteiger partial charge in [0.1, 0.15) is 17.7 Å². The molecule has 1 aliphatic rings. The second-order valence-corrected chi connectivity index (χ2v) is 6.75. The molecular formula is C13H17O5P. The molecule has 104 valence electrons. The summed E-state index contributed by atoms with van der Waals surface area (Å²) in [7, 11) is -0.477. The molecule has 0 spiro atoms. The smallest absolute Gasteiger partial charge is 0.337 e. The molecule has 2 rings (SSSR count). The molecule has 0 unspecified atom stereocenters. The molecule has 0 amide bonds. The molecule has 1 aromatic heterocycles. The molecule has 0 N–H and O–H groups in total. The maximum atomic E-state index is 12.0. The minimum Gasteiger partial charge on any atom is -0.460 e. The summed E-state index contributed by atoms with van der Waals surface area (Å²) in [5, 5.41) is 0. The Morgan fingerprint density at radius 3 is 2.47 bits per heavy atom. The van der Waals surface area contributed by atoms with Gasteiger partial charge in [0, 0.05) is 20.6 Å². The number of carbonyl (C=O) groups is 1. The van der Waals surface area contributed by atoms with E-state index in [0.717, 1.165) is 12.0 Å². The normalized spacial score (nSPS) is 16.5. The number of furan rings is 1. The van der Waals surface area contributed by atoms with Gasteiger partial charge in [-0.2, -0.15) is 0 Å². The lowest BCUT2D eigenvalue weighted by molar-refractivity contribution is -0.113. The van der Waals surface area contributed by atoms with Crippen molar-refractivity contribution in [2.75, 3.05) is 14.2 Å². The van der Waals surface area contributed by atoms with Crippen LogP contribution in [-0.2, 0) is 24.6 Å². The Bertz CT molecular complexity index is 561. The van der Waals surface area contributed by atoms with E-state index < -0.39 is 7.60 Å². The Balaban J connectivity index is 2.23. The molecule has 0 radical (unpaired) electrons. The van der Waals surface area contributed by atoms with Crippen molar-refractivity contribution < 1.29 is 22.8 Å². The zero-order valence-corrected chi connectivity index (χ0v) is 12.2. The Morgan fingerprint density at radius 1 is 1.26 bits per heavy atom. The topological polar surface area (TPSA) is 65.7 Å². The second kappa shape index (κ2) is 5.45. The predicted octanol–water partition coefficient (Wildman–Crippen LogP) is 3.40. The molecule has 19 heavy (non-hydrogen) atoms. The van der Waals surface area contributed by atoms with Crippen LogP contribution in [0.3, 0.4) is 0 Å². The van der Waals surface area contributed by atoms with E-state index in [-0.39, 0.29) is 11.9 Å². The lowest BCUT2D eigenvalue weighted by Crippen LogP contribution is -1.94. The fraction of sp³-hybridized carbons (Fsp3) is 0.462. The van der Waals surface area contributed by atoms with E-state index in [0.29, 0.717) is 23.5 Å². The van der Waals surface area contributed by atoms with Gasteiger partial charge in [-0.15, -0.1) is 0 Å². The van der Waals surface area contributed by atoms with Gasteiger partial charge in [-0.05, 0) is 25.5 Å². The lowest BCUT2D eigenvalue weighted by Gasteiger charge is -2.11. The molecular weight excluding hydrogens is 267 g/mol. The summed E-state index contributed by atoms with van der Waals surface area (Å²) >= 11 is 0. The van der Waals surface area contributed by atoms with Gasteiger partial charge in [0.25, 0.3) is 0 Å². The number of hydrogen-bond donors (Lipinski definition) is 0. The average molecular weight is 284 g/mol. The summed E-state index contributed by atoms with van der Waals surface area (Å²) in [6.07, 6.45) is 1.37. The van der Waals surface area contributed by atoms with Crippen molar-refractivity contribution in [1.29, 1.82) is 0 Å². The van der Waals surface area contributed by atoms with Crippen molar-refractivity contribution >= 4 is 19.0 Å². The third kappa shape index (κ3) is 2.89. The molecule has 1 heterocycles. The first kappa shape index (κ1) is 14.3. The van der Waals surface area contributed by atoms with Gasteiger partial charge in [0.2, 0.25) is 0 Å². The minimum atomic E-state index is -3.15. The maximum Gasteiger partial charge on any atom is 0.337 e. The van der Waals surface area contributed by atoms with Gasteiger partial charge >= 0.3 is 7.60 Å². The fourth-order valence-corrected chi connectivity index (χ4v) is 3.09. The zero-order valence-electron chi connectivity index (χ0n) is 11.3. The molecule has 0 saturated heterocycles. The molecule has 0 aliphatic heterocycles. The summed E-state index contributed by atoms with van der Waals surface area (Å²) in [5.41, 5.74) is 1.68. The van der Waals surface area contributed by atoms with Crippen molar-refractivity contribution in [2.24, 2.45) is 0 Å². The average Bonchev–Trinajstić information content (AvgIpc) is 2.96. The molecule has 1 aromatic rings. The van der Waals surface area contributed by atoms with Crippen molar-refractivity contribution in [3.63, 3.8) is 0 Å². The predicted molar refractivity (Wildman–Crippen MR) is 70.9 cm³/mol. The first-order chi connectivity index (χ1) is 8.99. The first-order valence-electron chi connectivity index (χ1n) is 6.01. The zero-order chi connectivity index (χ0) is 14.0. The minimum absolute atomic E-state index is 0.0561. The van der Waals surface area contributed by atoms with E-state index in [4.69, 9.17) is 13.5 Å². The van der Waals surface area contributed by atoms with Gasteiger partial charge in [-0.1, -0.05) is 5.57 Å². The van der Waals surface area contributed by atoms with Crippen LogP contribution in [-0.4, -0.2) is 20.0 Å². The van der Waals surface area contributed by atoms with Crippen LogP contribution in [0, 0.1) is 0 Å². The van der Waals surface area contributed by atoms with Crippen LogP contribution in [0.4, 0.5) is 0 Å². The van der Waals surface area contributed by atoms with Crippen LogP contribution >= 0.6 is 7.60 Å². The molecule has 1 aliphatic carbocycles. The maximum absolute atomic E-state index is 12.0. The number of allylic oxidation sites excluding steroid dienone is 2.